The van der Waals surface area contributed by atoms with Crippen molar-refractivity contribution < 1.29 is 19.5 Å². The SMILES string of the molecule is CCC(C(=O)O)C(C#CC(C)(C)C)NC(=O)CC1CCCN(c2ccc(C=NN)cc2)C1=O. The van der Waals surface area contributed by atoms with Crippen LogP contribution in [0.3, 0.4) is 0 Å². The summed E-state index contributed by atoms with van der Waals surface area (Å²) in [6.45, 7) is 8.10. The number of carboxylic acid groups (broad SMARTS) is 1. The molecule has 3 unspecified atom stereocenters. The Morgan fingerprint density at radius 1 is 1.33 bits per heavy atom. The molecule has 0 spiro atoms. The largest absolute Gasteiger partial charge is 0.481 e. The molecule has 1 saturated heterocycles. The van der Waals surface area contributed by atoms with Gasteiger partial charge in [0.25, 0.3) is 0 Å². The van der Waals surface area contributed by atoms with Crippen molar-refractivity contribution in [3.8, 4) is 11.8 Å². The van der Waals surface area contributed by atoms with Crippen LogP contribution in [0.5, 0.6) is 0 Å². The highest BCUT2D eigenvalue weighted by molar-refractivity contribution is 5.98. The van der Waals surface area contributed by atoms with Crippen LogP contribution in [0.4, 0.5) is 5.69 Å². The highest BCUT2D eigenvalue weighted by atomic mass is 16.4. The molecule has 0 radical (unpaired) electrons. The Bertz CT molecular complexity index is 938. The minimum Gasteiger partial charge on any atom is -0.481 e. The van der Waals surface area contributed by atoms with Crippen molar-refractivity contribution in [2.75, 3.05) is 11.4 Å². The van der Waals surface area contributed by atoms with E-state index in [9.17, 15) is 19.5 Å². The molecule has 2 amide bonds. The predicted octanol–water partition coefficient (Wildman–Crippen LogP) is 2.76. The van der Waals surface area contributed by atoms with Crippen LogP contribution >= 0.6 is 0 Å². The van der Waals surface area contributed by atoms with E-state index in [2.05, 4.69) is 22.3 Å². The number of nitrogens with two attached hydrogens (primary N) is 1. The van der Waals surface area contributed by atoms with E-state index >= 15 is 0 Å². The van der Waals surface area contributed by atoms with E-state index in [1.54, 1.807) is 11.8 Å². The standard InChI is InChI=1S/C25H34N4O4/c1-5-20(24(32)33)21(12-13-25(2,3)4)28-22(30)15-18-7-6-14-29(23(18)31)19-10-8-17(9-11-19)16-27-26/h8-11,16,18,20-21H,5-7,14-15,26H2,1-4H3,(H,28,30)(H,32,33). The topological polar surface area (TPSA) is 125 Å². The Hall–Kier alpha value is -3.34. The van der Waals surface area contributed by atoms with Gasteiger partial charge in [-0.15, -0.1) is 0 Å². The van der Waals surface area contributed by atoms with Crippen LogP contribution in [0.15, 0.2) is 29.4 Å². The van der Waals surface area contributed by atoms with Crippen LogP contribution < -0.4 is 16.1 Å². The molecule has 0 saturated carbocycles. The van der Waals surface area contributed by atoms with Gasteiger partial charge >= 0.3 is 5.97 Å². The summed E-state index contributed by atoms with van der Waals surface area (Å²) in [5.74, 6) is 8.38. The van der Waals surface area contributed by atoms with Gasteiger partial charge in [-0.1, -0.05) is 30.9 Å². The number of anilines is 1. The van der Waals surface area contributed by atoms with Gasteiger partial charge in [0, 0.05) is 30.0 Å². The third-order valence-electron chi connectivity index (χ3n) is 5.49. The van der Waals surface area contributed by atoms with Crippen molar-refractivity contribution in [1.82, 2.24) is 5.32 Å². The van der Waals surface area contributed by atoms with Crippen molar-refractivity contribution in [2.24, 2.45) is 28.2 Å². The number of nitrogens with zero attached hydrogens (tertiary/aromatic N) is 2. The molecule has 1 aromatic carbocycles. The van der Waals surface area contributed by atoms with Gasteiger partial charge in [0.15, 0.2) is 0 Å². The Kier molecular flexibility index (Phi) is 9.03. The van der Waals surface area contributed by atoms with Gasteiger partial charge in [-0.25, -0.2) is 0 Å². The summed E-state index contributed by atoms with van der Waals surface area (Å²) in [4.78, 5) is 39.3. The van der Waals surface area contributed by atoms with E-state index in [1.807, 2.05) is 45.0 Å². The molecular weight excluding hydrogens is 420 g/mol. The molecule has 1 aromatic rings. The average molecular weight is 455 g/mol. The number of hydrogen-bond acceptors (Lipinski definition) is 5. The normalized spacial score (nSPS) is 18.4. The van der Waals surface area contributed by atoms with E-state index < -0.39 is 23.8 Å². The maximum absolute atomic E-state index is 13.1. The summed E-state index contributed by atoms with van der Waals surface area (Å²) in [7, 11) is 0. The molecule has 0 aromatic heterocycles. The lowest BCUT2D eigenvalue weighted by atomic mass is 9.91. The van der Waals surface area contributed by atoms with Gasteiger partial charge in [0.2, 0.25) is 11.8 Å². The van der Waals surface area contributed by atoms with Gasteiger partial charge < -0.3 is 21.2 Å². The fourth-order valence-electron chi connectivity index (χ4n) is 3.76. The first-order chi connectivity index (χ1) is 15.6. The molecule has 0 aliphatic carbocycles. The molecule has 8 heteroatoms. The number of piperidine rings is 1. The second kappa shape index (κ2) is 11.5. The maximum Gasteiger partial charge on any atom is 0.309 e. The van der Waals surface area contributed by atoms with Gasteiger partial charge in [0.05, 0.1) is 12.1 Å². The average Bonchev–Trinajstić information content (AvgIpc) is 2.74. The van der Waals surface area contributed by atoms with E-state index in [1.165, 1.54) is 6.21 Å². The van der Waals surface area contributed by atoms with Crippen molar-refractivity contribution in [3.63, 3.8) is 0 Å². The van der Waals surface area contributed by atoms with E-state index in [0.29, 0.717) is 19.4 Å². The quantitative estimate of drug-likeness (QED) is 0.241. The minimum atomic E-state index is -1.01. The lowest BCUT2D eigenvalue weighted by Gasteiger charge is -2.32. The van der Waals surface area contributed by atoms with E-state index in [-0.39, 0.29) is 23.7 Å². The zero-order chi connectivity index (χ0) is 24.6. The molecule has 1 fully saturated rings. The van der Waals surface area contributed by atoms with Crippen LogP contribution in [0.25, 0.3) is 0 Å². The number of hydrogen-bond donors (Lipinski definition) is 3. The van der Waals surface area contributed by atoms with Crippen molar-refractivity contribution >= 4 is 29.7 Å². The Balaban J connectivity index is 2.12. The highest BCUT2D eigenvalue weighted by Crippen LogP contribution is 2.27. The summed E-state index contributed by atoms with van der Waals surface area (Å²) in [5.41, 5.74) is 1.25. The molecular formula is C25H34N4O4. The lowest BCUT2D eigenvalue weighted by molar-refractivity contribution is -0.142. The van der Waals surface area contributed by atoms with Gasteiger partial charge in [-0.3, -0.25) is 14.4 Å². The minimum absolute atomic E-state index is 0.00298. The van der Waals surface area contributed by atoms with Crippen LogP contribution in [-0.4, -0.2) is 41.7 Å². The Morgan fingerprint density at radius 2 is 2.00 bits per heavy atom. The number of benzene rings is 1. The van der Waals surface area contributed by atoms with Gasteiger partial charge in [-0.2, -0.15) is 5.10 Å². The van der Waals surface area contributed by atoms with Gasteiger partial charge in [0.1, 0.15) is 6.04 Å². The number of nitrogens with one attached hydrogen (secondary N) is 1. The summed E-state index contributed by atoms with van der Waals surface area (Å²) >= 11 is 0. The molecule has 2 rings (SSSR count). The number of rotatable bonds is 8. The van der Waals surface area contributed by atoms with Crippen LogP contribution in [-0.2, 0) is 14.4 Å². The van der Waals surface area contributed by atoms with Crippen molar-refractivity contribution in [2.45, 2.75) is 59.4 Å². The third kappa shape index (κ3) is 7.63. The predicted molar refractivity (Wildman–Crippen MR) is 128 cm³/mol. The van der Waals surface area contributed by atoms with Crippen LogP contribution in [0.1, 0.15) is 58.9 Å². The third-order valence-corrected chi connectivity index (χ3v) is 5.49. The molecule has 1 heterocycles. The number of carbonyl (C=O) groups excluding carboxylic acids is 2. The molecule has 33 heavy (non-hydrogen) atoms. The second-order valence-corrected chi connectivity index (χ2v) is 9.32. The number of carbonyl (C=O) groups is 3. The number of hydrazone groups is 1. The van der Waals surface area contributed by atoms with E-state index in [4.69, 9.17) is 5.84 Å². The van der Waals surface area contributed by atoms with Crippen LogP contribution in [0.2, 0.25) is 0 Å². The molecule has 4 N–H and O–H groups in total. The smallest absolute Gasteiger partial charge is 0.309 e. The van der Waals surface area contributed by atoms with E-state index in [0.717, 1.165) is 17.7 Å². The van der Waals surface area contributed by atoms with Crippen molar-refractivity contribution in [1.29, 1.82) is 0 Å². The molecule has 3 atom stereocenters. The van der Waals surface area contributed by atoms with Crippen molar-refractivity contribution in [3.05, 3.63) is 29.8 Å². The summed E-state index contributed by atoms with van der Waals surface area (Å²) < 4.78 is 0. The maximum atomic E-state index is 13.1. The lowest BCUT2D eigenvalue weighted by Crippen LogP contribution is -2.46. The van der Waals surface area contributed by atoms with Gasteiger partial charge in [-0.05, 0) is 57.7 Å². The first-order valence-corrected chi connectivity index (χ1v) is 11.2. The first kappa shape index (κ1) is 25.9. The molecule has 8 nitrogen and oxygen atoms in total. The summed E-state index contributed by atoms with van der Waals surface area (Å²) in [5, 5.41) is 15.8. The number of amides is 2. The van der Waals surface area contributed by atoms with Crippen LogP contribution in [0, 0.1) is 29.1 Å². The Morgan fingerprint density at radius 3 is 2.55 bits per heavy atom. The molecule has 178 valence electrons. The first-order valence-electron chi connectivity index (χ1n) is 11.2. The highest BCUT2D eigenvalue weighted by Gasteiger charge is 2.33. The molecule has 1 aliphatic heterocycles. The Labute approximate surface area is 195 Å². The molecule has 1 aliphatic rings. The zero-order valence-electron chi connectivity index (χ0n) is 19.8. The number of aliphatic carboxylic acids is 1. The fourth-order valence-corrected chi connectivity index (χ4v) is 3.76. The summed E-state index contributed by atoms with van der Waals surface area (Å²) in [6.07, 6.45) is 3.23. The monoisotopic (exact) mass is 454 g/mol. The summed E-state index contributed by atoms with van der Waals surface area (Å²) in [6, 6.07) is 6.49. The second-order valence-electron chi connectivity index (χ2n) is 9.32. The number of carboxylic acids is 1. The molecule has 0 bridgehead atoms. The fraction of sp³-hybridized carbons (Fsp3) is 0.520. The zero-order valence-corrected chi connectivity index (χ0v) is 19.8.